The number of anilines is 1. The number of esters is 1. The number of carbonyl (C=O) groups excluding carboxylic acids is 6. The Labute approximate surface area is 402 Å². The standard InChI is InChI=1S/C46H65ClN6O13S/c1-27-10-9-11-35(61-8)46(60)25-34(64-44(59)49-46)29(3)42-45(5,66-42)36(24-39(56)52(7)33-22-31(20-27)21-28(2)41(33)47)65-43(58)30(4)51(6)38(55)12-15-62-17-18-63-16-14-48-37(54)26-53-40(57)23-32(50-53)13-19-67/h9-11,21-22,29-30,34-36,42,60,67H,12-20,23-26H2,1-8H3,(H,48,54)(H,49,59)/b11-9+,27-10+/t29-,30+,34+,35-,36+,42?,45+,46+/m1/s1. The lowest BCUT2D eigenvalue weighted by atomic mass is 9.83. The molecule has 0 aromatic heterocycles. The second-order valence-corrected chi connectivity index (χ2v) is 18.4. The summed E-state index contributed by atoms with van der Waals surface area (Å²) in [6.07, 6.45) is 1.55. The molecule has 2 fully saturated rings. The molecule has 67 heavy (non-hydrogen) atoms. The van der Waals surface area contributed by atoms with Gasteiger partial charge >= 0.3 is 12.1 Å². The Balaban J connectivity index is 1.19. The number of likely N-dealkylation sites (N-methyl/N-ethyl adjacent to an activating group) is 1. The number of aliphatic hydroxyl groups is 1. The molecule has 4 bridgehead atoms. The number of carbonyl (C=O) groups is 6. The van der Waals surface area contributed by atoms with E-state index < -0.39 is 71.6 Å². The van der Waals surface area contributed by atoms with Crippen molar-refractivity contribution in [3.05, 3.63) is 52.1 Å². The molecule has 4 aliphatic heterocycles. The molecule has 8 atom stereocenters. The molecule has 1 aromatic carbocycles. The molecule has 21 heteroatoms. The van der Waals surface area contributed by atoms with Crippen molar-refractivity contribution in [1.29, 1.82) is 0 Å². The highest BCUT2D eigenvalue weighted by molar-refractivity contribution is 7.80. The molecular formula is C46H65ClN6O13S. The van der Waals surface area contributed by atoms with Gasteiger partial charge < -0.3 is 48.6 Å². The lowest BCUT2D eigenvalue weighted by Gasteiger charge is -2.42. The number of rotatable bonds is 17. The number of nitrogens with zero attached hydrogens (tertiary/aromatic N) is 4. The maximum Gasteiger partial charge on any atom is 0.409 e. The second kappa shape index (κ2) is 23.6. The van der Waals surface area contributed by atoms with Gasteiger partial charge in [-0.05, 0) is 63.5 Å². The van der Waals surface area contributed by atoms with E-state index in [1.54, 1.807) is 33.0 Å². The number of hydrazone groups is 1. The minimum Gasteiger partial charge on any atom is -0.457 e. The Morgan fingerprint density at radius 1 is 1.12 bits per heavy atom. The number of fused-ring (bicyclic) bond motifs is 5. The van der Waals surface area contributed by atoms with E-state index in [9.17, 15) is 33.9 Å². The van der Waals surface area contributed by atoms with E-state index in [-0.39, 0.29) is 77.0 Å². The first kappa shape index (κ1) is 53.4. The van der Waals surface area contributed by atoms with Crippen LogP contribution in [0.2, 0.25) is 5.02 Å². The molecule has 1 unspecified atom stereocenters. The highest BCUT2D eigenvalue weighted by Gasteiger charge is 2.64. The Hall–Kier alpha value is -4.57. The molecule has 0 aliphatic carbocycles. The minimum atomic E-state index is -1.85. The number of allylic oxidation sites excluding steroid dienone is 3. The van der Waals surface area contributed by atoms with Crippen LogP contribution in [-0.4, -0.2) is 165 Å². The number of amides is 5. The first-order chi connectivity index (χ1) is 31.7. The molecule has 0 saturated carbocycles. The fourth-order valence-corrected chi connectivity index (χ4v) is 8.78. The topological polar surface area (TPSA) is 227 Å². The summed E-state index contributed by atoms with van der Waals surface area (Å²) in [6.45, 7) is 9.43. The molecule has 2 saturated heterocycles. The SMILES string of the molecule is CO[C@@H]1/C=C/C=C(\C)Cc2cc(C)c(Cl)c(c2)N(C)C(=O)C[C@H](OC(=O)[C@H](C)N(C)C(=O)CCOCCOCCNC(=O)CN2N=C(CCS)CC2=O)[C@]2(C)OC2[C@H](C)[C@@H]2C[C@@]1(O)NC(=O)O2. The number of ether oxygens (including phenoxy) is 6. The van der Waals surface area contributed by atoms with Crippen LogP contribution in [0.5, 0.6) is 0 Å². The highest BCUT2D eigenvalue weighted by Crippen LogP contribution is 2.49. The molecule has 3 N–H and O–H groups in total. The van der Waals surface area contributed by atoms with Gasteiger partial charge in [-0.25, -0.2) is 14.6 Å². The van der Waals surface area contributed by atoms with E-state index in [0.29, 0.717) is 35.0 Å². The summed E-state index contributed by atoms with van der Waals surface area (Å²) >= 11 is 10.9. The third-order valence-corrected chi connectivity index (χ3v) is 13.2. The van der Waals surface area contributed by atoms with Gasteiger partial charge in [-0.2, -0.15) is 17.7 Å². The predicted molar refractivity (Wildman–Crippen MR) is 251 cm³/mol. The summed E-state index contributed by atoms with van der Waals surface area (Å²) in [6, 6.07) is 2.69. The van der Waals surface area contributed by atoms with Crippen molar-refractivity contribution in [1.82, 2.24) is 20.5 Å². The summed E-state index contributed by atoms with van der Waals surface area (Å²) in [5.41, 5.74) is 0.656. The van der Waals surface area contributed by atoms with Crippen LogP contribution in [0.3, 0.4) is 0 Å². The van der Waals surface area contributed by atoms with E-state index in [1.165, 1.54) is 30.9 Å². The number of benzene rings is 1. The third-order valence-electron chi connectivity index (χ3n) is 12.5. The number of nitrogens with one attached hydrogen (secondary N) is 2. The zero-order valence-corrected chi connectivity index (χ0v) is 41.2. The summed E-state index contributed by atoms with van der Waals surface area (Å²) in [4.78, 5) is 81.3. The number of hydrogen-bond acceptors (Lipinski definition) is 15. The van der Waals surface area contributed by atoms with Gasteiger partial charge in [-0.3, -0.25) is 24.5 Å². The number of methoxy groups -OCH3 is 1. The Morgan fingerprint density at radius 2 is 1.84 bits per heavy atom. The van der Waals surface area contributed by atoms with Crippen molar-refractivity contribution in [2.75, 3.05) is 71.4 Å². The molecule has 19 nitrogen and oxygen atoms in total. The summed E-state index contributed by atoms with van der Waals surface area (Å²) in [5, 5.41) is 22.7. The van der Waals surface area contributed by atoms with Crippen LogP contribution in [0.25, 0.3) is 0 Å². The quantitative estimate of drug-likeness (QED) is 0.0762. The number of alkyl carbamates (subject to hydrolysis) is 1. The predicted octanol–water partition coefficient (Wildman–Crippen LogP) is 3.26. The van der Waals surface area contributed by atoms with E-state index in [4.69, 9.17) is 40.0 Å². The van der Waals surface area contributed by atoms with Crippen molar-refractivity contribution in [2.45, 2.75) is 115 Å². The molecule has 5 amide bonds. The molecule has 370 valence electrons. The minimum absolute atomic E-state index is 0.0382. The highest BCUT2D eigenvalue weighted by atomic mass is 35.5. The Kier molecular flexibility index (Phi) is 18.8. The van der Waals surface area contributed by atoms with E-state index in [1.807, 2.05) is 32.1 Å². The normalized spacial score (nSPS) is 28.3. The summed E-state index contributed by atoms with van der Waals surface area (Å²) in [7, 11) is 4.49. The van der Waals surface area contributed by atoms with Gasteiger partial charge in [-0.15, -0.1) is 0 Å². The largest absolute Gasteiger partial charge is 0.457 e. The van der Waals surface area contributed by atoms with Gasteiger partial charge in [0, 0.05) is 45.8 Å². The monoisotopic (exact) mass is 976 g/mol. The third kappa shape index (κ3) is 13.8. The van der Waals surface area contributed by atoms with Gasteiger partial charge in [0.25, 0.3) is 0 Å². The fourth-order valence-electron chi connectivity index (χ4n) is 8.29. The summed E-state index contributed by atoms with van der Waals surface area (Å²) in [5.74, 6) is -2.20. The lowest BCUT2D eigenvalue weighted by molar-refractivity contribution is -0.162. The summed E-state index contributed by atoms with van der Waals surface area (Å²) < 4.78 is 34.8. The zero-order chi connectivity index (χ0) is 49.2. The Morgan fingerprint density at radius 3 is 2.54 bits per heavy atom. The molecular weight excluding hydrogens is 912 g/mol. The maximum atomic E-state index is 14.2. The van der Waals surface area contributed by atoms with E-state index >= 15 is 0 Å². The lowest BCUT2D eigenvalue weighted by Crippen LogP contribution is -2.63. The van der Waals surface area contributed by atoms with Gasteiger partial charge in [0.05, 0.1) is 62.5 Å². The average Bonchev–Trinajstić information content (AvgIpc) is 3.86. The molecule has 0 spiro atoms. The van der Waals surface area contributed by atoms with Gasteiger partial charge in [0.1, 0.15) is 36.5 Å². The number of halogens is 1. The first-order valence-corrected chi connectivity index (χ1v) is 23.4. The zero-order valence-electron chi connectivity index (χ0n) is 39.5. The van der Waals surface area contributed by atoms with Gasteiger partial charge in [0.2, 0.25) is 23.6 Å². The van der Waals surface area contributed by atoms with Crippen molar-refractivity contribution in [3.63, 3.8) is 0 Å². The van der Waals surface area contributed by atoms with Crippen molar-refractivity contribution in [3.8, 4) is 0 Å². The number of epoxide rings is 1. The molecule has 5 rings (SSSR count). The van der Waals surface area contributed by atoms with Gasteiger partial charge in [-0.1, -0.05) is 48.4 Å². The average molecular weight is 978 g/mol. The van der Waals surface area contributed by atoms with Crippen LogP contribution in [0.15, 0.2) is 41.0 Å². The van der Waals surface area contributed by atoms with Crippen molar-refractivity contribution < 1.29 is 62.3 Å². The molecule has 1 aromatic rings. The number of aryl methyl sites for hydroxylation is 1. The van der Waals surface area contributed by atoms with Crippen LogP contribution >= 0.6 is 24.2 Å². The van der Waals surface area contributed by atoms with Gasteiger partial charge in [0.15, 0.2) is 5.72 Å². The molecule has 0 radical (unpaired) electrons. The van der Waals surface area contributed by atoms with Crippen LogP contribution in [0.1, 0.15) is 70.9 Å². The van der Waals surface area contributed by atoms with E-state index in [2.05, 4.69) is 28.4 Å². The molecule has 4 aliphatic rings. The van der Waals surface area contributed by atoms with Crippen LogP contribution < -0.4 is 15.5 Å². The fraction of sp³-hybridized carbons (Fsp3) is 0.630. The van der Waals surface area contributed by atoms with Crippen LogP contribution in [0, 0.1) is 12.8 Å². The van der Waals surface area contributed by atoms with Crippen molar-refractivity contribution >= 4 is 71.3 Å². The first-order valence-electron chi connectivity index (χ1n) is 22.4. The van der Waals surface area contributed by atoms with E-state index in [0.717, 1.165) is 21.7 Å². The van der Waals surface area contributed by atoms with Crippen LogP contribution in [-0.2, 0) is 58.8 Å². The van der Waals surface area contributed by atoms with Crippen molar-refractivity contribution in [2.24, 2.45) is 11.0 Å². The van der Waals surface area contributed by atoms with Crippen LogP contribution in [0.4, 0.5) is 10.5 Å². The number of hydrogen-bond donors (Lipinski definition) is 4. The second-order valence-electron chi connectivity index (χ2n) is 17.6. The number of thiol groups is 1. The maximum absolute atomic E-state index is 14.2. The molecule has 4 heterocycles. The smallest absolute Gasteiger partial charge is 0.409 e. The Bertz CT molecular complexity index is 2110.